The Labute approximate surface area is 236 Å². The Morgan fingerprint density at radius 3 is 2.56 bits per heavy atom. The van der Waals surface area contributed by atoms with Crippen LogP contribution in [0.2, 0.25) is 0 Å². The van der Waals surface area contributed by atoms with Crippen molar-refractivity contribution in [1.82, 2.24) is 4.90 Å². The van der Waals surface area contributed by atoms with Crippen molar-refractivity contribution in [1.29, 1.82) is 0 Å². The van der Waals surface area contributed by atoms with E-state index in [9.17, 15) is 9.59 Å². The van der Waals surface area contributed by atoms with E-state index >= 15 is 0 Å². The quantitative estimate of drug-likeness (QED) is 0.266. The molecular weight excluding hydrogens is 488 g/mol. The molecule has 0 spiro atoms. The molecule has 1 unspecified atom stereocenters. The van der Waals surface area contributed by atoms with Crippen LogP contribution in [-0.4, -0.2) is 56.7 Å². The number of methoxy groups -OCH3 is 1. The maximum atomic E-state index is 14.3. The lowest BCUT2D eigenvalue weighted by atomic mass is 9.46. The number of amides is 1. The van der Waals surface area contributed by atoms with Crippen molar-refractivity contribution < 1.29 is 19.1 Å². The molecule has 0 N–H and O–H groups in total. The van der Waals surface area contributed by atoms with Crippen LogP contribution in [0.5, 0.6) is 5.75 Å². The number of fused-ring (bicyclic) bond motifs is 1. The Morgan fingerprint density at radius 2 is 1.87 bits per heavy atom. The van der Waals surface area contributed by atoms with E-state index in [2.05, 4.69) is 49.3 Å². The maximum absolute atomic E-state index is 14.3. The van der Waals surface area contributed by atoms with E-state index < -0.39 is 0 Å². The number of carbonyl (C=O) groups excluding carboxylic acids is 2. The largest absolute Gasteiger partial charge is 0.497 e. The molecular formula is C33H50N2O4. The average molecular weight is 539 g/mol. The number of benzene rings is 1. The average Bonchev–Trinajstić information content (AvgIpc) is 2.92. The first-order valence-corrected chi connectivity index (χ1v) is 15.1. The van der Waals surface area contributed by atoms with Crippen molar-refractivity contribution in [3.05, 3.63) is 36.4 Å². The Bertz CT molecular complexity index is 1030. The van der Waals surface area contributed by atoms with Crippen molar-refractivity contribution in [3.63, 3.8) is 0 Å². The van der Waals surface area contributed by atoms with Gasteiger partial charge < -0.3 is 19.3 Å². The summed E-state index contributed by atoms with van der Waals surface area (Å²) < 4.78 is 10.6. The van der Waals surface area contributed by atoms with Gasteiger partial charge in [-0.1, -0.05) is 45.4 Å². The lowest BCUT2D eigenvalue weighted by Crippen LogP contribution is -2.59. The zero-order valence-electron chi connectivity index (χ0n) is 25.0. The Kier molecular flexibility index (Phi) is 9.33. The molecule has 1 heterocycles. The summed E-state index contributed by atoms with van der Waals surface area (Å²) in [5, 5.41) is 0. The highest BCUT2D eigenvalue weighted by atomic mass is 16.5. The van der Waals surface area contributed by atoms with Gasteiger partial charge in [-0.25, -0.2) is 0 Å². The second-order valence-electron chi connectivity index (χ2n) is 12.9. The summed E-state index contributed by atoms with van der Waals surface area (Å²) in [6.45, 7) is 16.7. The molecule has 0 radical (unpaired) electrons. The van der Waals surface area contributed by atoms with Crippen LogP contribution >= 0.6 is 0 Å². The molecule has 1 saturated heterocycles. The fourth-order valence-electron chi connectivity index (χ4n) is 8.07. The molecule has 216 valence electrons. The third-order valence-electron chi connectivity index (χ3n) is 10.4. The first kappa shape index (κ1) is 29.5. The number of rotatable bonds is 9. The summed E-state index contributed by atoms with van der Waals surface area (Å²) in [5.41, 5.74) is 2.33. The molecule has 2 aliphatic carbocycles. The van der Waals surface area contributed by atoms with Gasteiger partial charge in [0.1, 0.15) is 5.75 Å². The minimum absolute atomic E-state index is 0.107. The molecule has 5 atom stereocenters. The molecule has 1 amide bonds. The highest BCUT2D eigenvalue weighted by Crippen LogP contribution is 2.62. The number of hydrogen-bond donors (Lipinski definition) is 0. The van der Waals surface area contributed by atoms with Crippen LogP contribution in [0, 0.1) is 28.6 Å². The lowest BCUT2D eigenvalue weighted by Gasteiger charge is -2.59. The van der Waals surface area contributed by atoms with Gasteiger partial charge in [0.15, 0.2) is 0 Å². The molecule has 0 bridgehead atoms. The number of piperazine rings is 1. The molecule has 1 aliphatic heterocycles. The Morgan fingerprint density at radius 1 is 1.13 bits per heavy atom. The van der Waals surface area contributed by atoms with Crippen molar-refractivity contribution >= 4 is 17.6 Å². The summed E-state index contributed by atoms with van der Waals surface area (Å²) in [6, 6.07) is 8.21. The smallest absolute Gasteiger partial charge is 0.302 e. The topological polar surface area (TPSA) is 59.1 Å². The van der Waals surface area contributed by atoms with Gasteiger partial charge in [-0.2, -0.15) is 0 Å². The SMILES string of the molecule is C=C1CCC2[C@](C)(CCC[C@]2(C)C(=O)N2CCN(c3cccc(OC)c3)CC2)[C@H]1CC[C@H](C)CCOC(C)=O. The van der Waals surface area contributed by atoms with Crippen molar-refractivity contribution in [2.45, 2.75) is 79.1 Å². The van der Waals surface area contributed by atoms with E-state index in [1.54, 1.807) is 7.11 Å². The Balaban J connectivity index is 1.41. The van der Waals surface area contributed by atoms with Crippen LogP contribution in [0.4, 0.5) is 5.69 Å². The molecule has 1 aromatic rings. The summed E-state index contributed by atoms with van der Waals surface area (Å²) in [4.78, 5) is 29.9. The maximum Gasteiger partial charge on any atom is 0.302 e. The van der Waals surface area contributed by atoms with Crippen LogP contribution in [0.1, 0.15) is 79.1 Å². The lowest BCUT2D eigenvalue weighted by molar-refractivity contribution is -0.157. The van der Waals surface area contributed by atoms with Gasteiger partial charge in [0.2, 0.25) is 5.91 Å². The fraction of sp³-hybridized carbons (Fsp3) is 0.697. The zero-order valence-corrected chi connectivity index (χ0v) is 25.0. The molecule has 6 nitrogen and oxygen atoms in total. The summed E-state index contributed by atoms with van der Waals surface area (Å²) >= 11 is 0. The predicted octanol–water partition coefficient (Wildman–Crippen LogP) is 6.49. The van der Waals surface area contributed by atoms with E-state index in [-0.39, 0.29) is 16.8 Å². The van der Waals surface area contributed by atoms with E-state index in [0.717, 1.165) is 82.6 Å². The van der Waals surface area contributed by atoms with Crippen molar-refractivity contribution in [2.75, 3.05) is 44.8 Å². The van der Waals surface area contributed by atoms with E-state index in [1.165, 1.54) is 18.9 Å². The Hall–Kier alpha value is -2.50. The first-order chi connectivity index (χ1) is 18.6. The zero-order chi connectivity index (χ0) is 28.2. The minimum Gasteiger partial charge on any atom is -0.497 e. The molecule has 0 aromatic heterocycles. The number of ether oxygens (including phenoxy) is 2. The summed E-state index contributed by atoms with van der Waals surface area (Å²) in [5.74, 6) is 2.36. The number of anilines is 1. The van der Waals surface area contributed by atoms with Gasteiger partial charge in [0.25, 0.3) is 0 Å². The first-order valence-electron chi connectivity index (χ1n) is 15.1. The third-order valence-corrected chi connectivity index (χ3v) is 10.4. The molecule has 3 aliphatic rings. The summed E-state index contributed by atoms with van der Waals surface area (Å²) in [7, 11) is 1.70. The number of allylic oxidation sites excluding steroid dienone is 1. The van der Waals surface area contributed by atoms with Gasteiger partial charge in [-0.15, -0.1) is 0 Å². The van der Waals surface area contributed by atoms with E-state index in [4.69, 9.17) is 9.47 Å². The van der Waals surface area contributed by atoms with Crippen molar-refractivity contribution in [2.24, 2.45) is 28.6 Å². The van der Waals surface area contributed by atoms with Crippen LogP contribution in [-0.2, 0) is 14.3 Å². The minimum atomic E-state index is -0.314. The number of nitrogens with zero attached hydrogens (tertiary/aromatic N) is 2. The molecule has 1 aromatic carbocycles. The standard InChI is InChI=1S/C33H50N2O4/c1-24(15-22-39-26(3)36)11-13-29-25(2)12-14-30-32(29,4)16-8-17-33(30,5)31(37)35-20-18-34(19-21-35)27-9-7-10-28(23-27)38-6/h7,9-10,23-24,29-30H,2,8,11-22H2,1,3-6H3/t24-,29-,30?,32+,33-/m0/s1. The van der Waals surface area contributed by atoms with Crippen LogP contribution in [0.15, 0.2) is 36.4 Å². The normalized spacial score (nSPS) is 29.9. The summed E-state index contributed by atoms with van der Waals surface area (Å²) in [6.07, 6.45) is 8.47. The third kappa shape index (κ3) is 6.30. The van der Waals surface area contributed by atoms with Gasteiger partial charge in [-0.05, 0) is 80.2 Å². The molecule has 4 rings (SSSR count). The highest BCUT2D eigenvalue weighted by Gasteiger charge is 2.57. The van der Waals surface area contributed by atoms with E-state index in [1.807, 2.05) is 12.1 Å². The number of carbonyl (C=O) groups is 2. The van der Waals surface area contributed by atoms with Gasteiger partial charge in [0.05, 0.1) is 13.7 Å². The molecule has 39 heavy (non-hydrogen) atoms. The van der Waals surface area contributed by atoms with Gasteiger partial charge in [0, 0.05) is 50.3 Å². The monoisotopic (exact) mass is 538 g/mol. The van der Waals surface area contributed by atoms with E-state index in [0.29, 0.717) is 30.3 Å². The van der Waals surface area contributed by atoms with Gasteiger partial charge in [-0.3, -0.25) is 9.59 Å². The predicted molar refractivity (Wildman–Crippen MR) is 157 cm³/mol. The van der Waals surface area contributed by atoms with Gasteiger partial charge >= 0.3 is 5.97 Å². The number of esters is 1. The van der Waals surface area contributed by atoms with Crippen LogP contribution in [0.25, 0.3) is 0 Å². The fourth-order valence-corrected chi connectivity index (χ4v) is 8.07. The number of hydrogen-bond acceptors (Lipinski definition) is 5. The van der Waals surface area contributed by atoms with Crippen LogP contribution < -0.4 is 9.64 Å². The second kappa shape index (κ2) is 12.3. The molecule has 2 saturated carbocycles. The van der Waals surface area contributed by atoms with Crippen LogP contribution in [0.3, 0.4) is 0 Å². The molecule has 6 heteroatoms. The molecule has 3 fully saturated rings. The van der Waals surface area contributed by atoms with Crippen molar-refractivity contribution in [3.8, 4) is 5.75 Å². The second-order valence-corrected chi connectivity index (χ2v) is 12.9. The highest BCUT2D eigenvalue weighted by molar-refractivity contribution is 5.83.